The normalized spacial score (nSPS) is 15.2. The SMILES string of the molecule is COC(=O)c1cc(F)cc(-c2ccc(NC=C3C(=O)OC(C)(C)OC3=O)cc2)c1. The van der Waals surface area contributed by atoms with E-state index in [0.717, 1.165) is 6.07 Å². The summed E-state index contributed by atoms with van der Waals surface area (Å²) in [5.41, 5.74) is 1.56. The van der Waals surface area contributed by atoms with Crippen molar-refractivity contribution in [3.05, 3.63) is 65.6 Å². The lowest BCUT2D eigenvalue weighted by atomic mass is 10.0. The summed E-state index contributed by atoms with van der Waals surface area (Å²) in [6.45, 7) is 2.92. The molecule has 2 aromatic carbocycles. The molecule has 0 aromatic heterocycles. The molecule has 1 saturated heterocycles. The number of rotatable bonds is 4. The first-order chi connectivity index (χ1) is 13.7. The molecule has 0 atom stereocenters. The van der Waals surface area contributed by atoms with E-state index < -0.39 is 29.5 Å². The third-order valence-corrected chi connectivity index (χ3v) is 4.04. The third-order valence-electron chi connectivity index (χ3n) is 4.04. The van der Waals surface area contributed by atoms with E-state index in [9.17, 15) is 18.8 Å². The Kier molecular flexibility index (Phi) is 5.36. The Hall–Kier alpha value is -3.68. The van der Waals surface area contributed by atoms with Crippen molar-refractivity contribution in [1.82, 2.24) is 0 Å². The summed E-state index contributed by atoms with van der Waals surface area (Å²) in [5.74, 6) is -4.07. The standard InChI is InChI=1S/C21H18FNO6/c1-21(2)28-19(25)17(20(26)29-21)11-23-16-6-4-12(5-7-16)13-8-14(18(24)27-3)10-15(22)9-13/h4-11,23H,1-3H3. The molecule has 1 aliphatic rings. The highest BCUT2D eigenvalue weighted by Crippen LogP contribution is 2.25. The van der Waals surface area contributed by atoms with E-state index in [2.05, 4.69) is 10.1 Å². The van der Waals surface area contributed by atoms with Crippen LogP contribution in [0.25, 0.3) is 11.1 Å². The van der Waals surface area contributed by atoms with E-state index in [1.165, 1.54) is 39.3 Å². The van der Waals surface area contributed by atoms with Crippen LogP contribution in [0.1, 0.15) is 24.2 Å². The van der Waals surface area contributed by atoms with Gasteiger partial charge < -0.3 is 19.5 Å². The number of carbonyl (C=O) groups excluding carboxylic acids is 3. The van der Waals surface area contributed by atoms with Gasteiger partial charge in [0, 0.05) is 25.7 Å². The molecule has 0 spiro atoms. The molecule has 0 saturated carbocycles. The first-order valence-electron chi connectivity index (χ1n) is 8.61. The summed E-state index contributed by atoms with van der Waals surface area (Å²) in [7, 11) is 1.22. The largest absolute Gasteiger partial charge is 0.465 e. The van der Waals surface area contributed by atoms with Crippen LogP contribution in [0.15, 0.2) is 54.2 Å². The van der Waals surface area contributed by atoms with Crippen molar-refractivity contribution >= 4 is 23.6 Å². The van der Waals surface area contributed by atoms with E-state index in [0.29, 0.717) is 16.8 Å². The quantitative estimate of drug-likeness (QED) is 0.479. The average Bonchev–Trinajstić information content (AvgIpc) is 2.65. The minimum absolute atomic E-state index is 0.103. The van der Waals surface area contributed by atoms with Crippen molar-refractivity contribution in [1.29, 1.82) is 0 Å². The predicted octanol–water partition coefficient (Wildman–Crippen LogP) is 3.41. The molecule has 1 N–H and O–H groups in total. The Morgan fingerprint density at radius 2 is 1.66 bits per heavy atom. The summed E-state index contributed by atoms with van der Waals surface area (Å²) >= 11 is 0. The summed E-state index contributed by atoms with van der Waals surface area (Å²) < 4.78 is 28.5. The van der Waals surface area contributed by atoms with Gasteiger partial charge >= 0.3 is 17.9 Å². The van der Waals surface area contributed by atoms with Crippen molar-refractivity contribution < 1.29 is 33.0 Å². The molecule has 0 unspecified atom stereocenters. The number of carbonyl (C=O) groups is 3. The summed E-state index contributed by atoms with van der Waals surface area (Å²) in [5, 5.41) is 2.82. The Bertz CT molecular complexity index is 988. The van der Waals surface area contributed by atoms with E-state index in [1.54, 1.807) is 24.3 Å². The topological polar surface area (TPSA) is 90.9 Å². The first-order valence-corrected chi connectivity index (χ1v) is 8.61. The van der Waals surface area contributed by atoms with Gasteiger partial charge in [-0.15, -0.1) is 0 Å². The summed E-state index contributed by atoms with van der Waals surface area (Å²) in [6.07, 6.45) is 1.20. The molecule has 1 aliphatic heterocycles. The van der Waals surface area contributed by atoms with Crippen LogP contribution in [0.4, 0.5) is 10.1 Å². The van der Waals surface area contributed by atoms with Crippen LogP contribution in [-0.2, 0) is 23.8 Å². The smallest absolute Gasteiger partial charge is 0.350 e. The van der Waals surface area contributed by atoms with Gasteiger partial charge in [0.25, 0.3) is 5.79 Å². The molecule has 0 amide bonds. The minimum Gasteiger partial charge on any atom is -0.465 e. The van der Waals surface area contributed by atoms with E-state index in [-0.39, 0.29) is 11.1 Å². The van der Waals surface area contributed by atoms with E-state index in [4.69, 9.17) is 9.47 Å². The molecular formula is C21H18FNO6. The molecule has 1 fully saturated rings. The average molecular weight is 399 g/mol. The molecule has 0 radical (unpaired) electrons. The molecule has 2 aromatic rings. The molecule has 3 rings (SSSR count). The molecule has 7 nitrogen and oxygen atoms in total. The van der Waals surface area contributed by atoms with Gasteiger partial charge in [-0.2, -0.15) is 0 Å². The van der Waals surface area contributed by atoms with Crippen LogP contribution >= 0.6 is 0 Å². The number of benzene rings is 2. The van der Waals surface area contributed by atoms with Gasteiger partial charge in [-0.25, -0.2) is 18.8 Å². The zero-order valence-corrected chi connectivity index (χ0v) is 15.9. The molecule has 8 heteroatoms. The maximum Gasteiger partial charge on any atom is 0.350 e. The van der Waals surface area contributed by atoms with E-state index >= 15 is 0 Å². The first kappa shape index (κ1) is 20.1. The zero-order valence-electron chi connectivity index (χ0n) is 15.9. The maximum absolute atomic E-state index is 13.8. The van der Waals surface area contributed by atoms with Crippen LogP contribution in [0.5, 0.6) is 0 Å². The Balaban J connectivity index is 1.78. The van der Waals surface area contributed by atoms with Gasteiger partial charge in [-0.3, -0.25) is 0 Å². The molecule has 29 heavy (non-hydrogen) atoms. The molecule has 1 heterocycles. The van der Waals surface area contributed by atoms with Gasteiger partial charge in [-0.1, -0.05) is 12.1 Å². The minimum atomic E-state index is -1.30. The second-order valence-corrected chi connectivity index (χ2v) is 6.68. The van der Waals surface area contributed by atoms with Gasteiger partial charge in [-0.05, 0) is 41.5 Å². The number of ether oxygens (including phenoxy) is 3. The number of hydrogen-bond donors (Lipinski definition) is 1. The van der Waals surface area contributed by atoms with Gasteiger partial charge in [0.1, 0.15) is 5.82 Å². The van der Waals surface area contributed by atoms with Crippen molar-refractivity contribution in [2.45, 2.75) is 19.6 Å². The monoisotopic (exact) mass is 399 g/mol. The van der Waals surface area contributed by atoms with Crippen LogP contribution < -0.4 is 5.32 Å². The van der Waals surface area contributed by atoms with E-state index in [1.807, 2.05) is 0 Å². The second-order valence-electron chi connectivity index (χ2n) is 6.68. The highest BCUT2D eigenvalue weighted by molar-refractivity contribution is 6.15. The van der Waals surface area contributed by atoms with Crippen molar-refractivity contribution in [2.24, 2.45) is 0 Å². The number of esters is 3. The molecular weight excluding hydrogens is 381 g/mol. The fraction of sp³-hybridized carbons (Fsp3) is 0.190. The molecule has 150 valence electrons. The summed E-state index contributed by atoms with van der Waals surface area (Å²) in [6, 6.07) is 10.6. The number of cyclic esters (lactones) is 2. The lowest BCUT2D eigenvalue weighted by molar-refractivity contribution is -0.222. The zero-order chi connectivity index (χ0) is 21.2. The van der Waals surface area contributed by atoms with Crippen LogP contribution in [0.2, 0.25) is 0 Å². The number of halogens is 1. The Labute approximate surface area is 166 Å². The molecule has 0 aliphatic carbocycles. The number of nitrogens with one attached hydrogen (secondary N) is 1. The fourth-order valence-corrected chi connectivity index (χ4v) is 2.68. The fourth-order valence-electron chi connectivity index (χ4n) is 2.68. The van der Waals surface area contributed by atoms with Crippen LogP contribution in [0, 0.1) is 5.82 Å². The lowest BCUT2D eigenvalue weighted by Crippen LogP contribution is -2.42. The number of anilines is 1. The van der Waals surface area contributed by atoms with Gasteiger partial charge in [0.05, 0.1) is 12.7 Å². The molecule has 0 bridgehead atoms. The van der Waals surface area contributed by atoms with Crippen molar-refractivity contribution in [3.63, 3.8) is 0 Å². The highest BCUT2D eigenvalue weighted by atomic mass is 19.1. The maximum atomic E-state index is 13.8. The summed E-state index contributed by atoms with van der Waals surface area (Å²) in [4.78, 5) is 35.5. The van der Waals surface area contributed by atoms with Gasteiger partial charge in [0.15, 0.2) is 5.57 Å². The highest BCUT2D eigenvalue weighted by Gasteiger charge is 2.38. The third kappa shape index (κ3) is 4.60. The number of methoxy groups -OCH3 is 1. The van der Waals surface area contributed by atoms with Crippen molar-refractivity contribution in [3.8, 4) is 11.1 Å². The van der Waals surface area contributed by atoms with Gasteiger partial charge in [0.2, 0.25) is 0 Å². The van der Waals surface area contributed by atoms with Crippen LogP contribution in [0.3, 0.4) is 0 Å². The predicted molar refractivity (Wildman–Crippen MR) is 101 cm³/mol. The van der Waals surface area contributed by atoms with Crippen molar-refractivity contribution in [2.75, 3.05) is 12.4 Å². The lowest BCUT2D eigenvalue weighted by Gasteiger charge is -2.29. The Morgan fingerprint density at radius 1 is 1.03 bits per heavy atom. The van der Waals surface area contributed by atoms with Crippen LogP contribution in [-0.4, -0.2) is 30.8 Å². The Morgan fingerprint density at radius 3 is 2.24 bits per heavy atom. The number of hydrogen-bond acceptors (Lipinski definition) is 7. The second kappa shape index (κ2) is 7.75.